The molecule has 1 heterocycles. The molecule has 2 atom stereocenters. The number of hydrogen-bond acceptors (Lipinski definition) is 5. The average Bonchev–Trinajstić information content (AvgIpc) is 3.05. The van der Waals surface area contributed by atoms with E-state index < -0.39 is 6.10 Å². The van der Waals surface area contributed by atoms with Crippen LogP contribution in [-0.2, 0) is 11.3 Å². The number of hydrogen-bond donors (Lipinski definition) is 1. The smallest absolute Gasteiger partial charge is 0.264 e. The fraction of sp³-hybridized carbons (Fsp3) is 0.310. The second-order valence-electron chi connectivity index (χ2n) is 8.66. The molecular weight excluding hydrogens is 456 g/mol. The van der Waals surface area contributed by atoms with Crippen LogP contribution < -0.4 is 19.5 Å². The lowest BCUT2D eigenvalue weighted by atomic mass is 10.0. The van der Waals surface area contributed by atoms with Crippen LogP contribution in [0, 0.1) is 0 Å². The zero-order valence-electron chi connectivity index (χ0n) is 21.1. The van der Waals surface area contributed by atoms with Crippen molar-refractivity contribution < 1.29 is 23.8 Å². The summed E-state index contributed by atoms with van der Waals surface area (Å²) in [7, 11) is 3.08. The highest BCUT2D eigenvalue weighted by atomic mass is 16.5. The monoisotopic (exact) mass is 488 g/mol. The Morgan fingerprint density at radius 1 is 1.03 bits per heavy atom. The molecule has 188 valence electrons. The number of carbonyl (C=O) groups is 2. The van der Waals surface area contributed by atoms with Gasteiger partial charge >= 0.3 is 0 Å². The van der Waals surface area contributed by atoms with Crippen molar-refractivity contribution in [3.8, 4) is 17.2 Å². The van der Waals surface area contributed by atoms with Crippen LogP contribution in [0.15, 0.2) is 66.7 Å². The van der Waals surface area contributed by atoms with Crippen LogP contribution in [0.25, 0.3) is 0 Å². The second kappa shape index (κ2) is 11.2. The standard InChI is InChI=1S/C29H32N2O5/c1-5-23(19-10-8-7-9-11-19)31-18-21-16-22(13-15-25(21)36-24(6-2)29(31)33)30-28(32)20-12-14-26(34-3)27(17-20)35-4/h7-17,23-24H,5-6,18H2,1-4H3,(H,30,32)/t23-,24+/m1/s1. The van der Waals surface area contributed by atoms with E-state index in [-0.39, 0.29) is 17.9 Å². The highest BCUT2D eigenvalue weighted by Gasteiger charge is 2.34. The molecule has 3 aromatic rings. The zero-order valence-corrected chi connectivity index (χ0v) is 21.1. The number of fused-ring (bicyclic) bond motifs is 1. The summed E-state index contributed by atoms with van der Waals surface area (Å²) in [5.41, 5.74) is 2.99. The van der Waals surface area contributed by atoms with Crippen molar-refractivity contribution in [1.29, 1.82) is 0 Å². The van der Waals surface area contributed by atoms with E-state index in [0.29, 0.717) is 41.5 Å². The summed E-state index contributed by atoms with van der Waals surface area (Å²) in [6.07, 6.45) is 0.783. The Hall–Kier alpha value is -4.00. The molecule has 0 aromatic heterocycles. The van der Waals surface area contributed by atoms with Crippen molar-refractivity contribution in [1.82, 2.24) is 4.90 Å². The van der Waals surface area contributed by atoms with Crippen molar-refractivity contribution in [2.45, 2.75) is 45.4 Å². The average molecular weight is 489 g/mol. The number of carbonyl (C=O) groups excluding carboxylic acids is 2. The van der Waals surface area contributed by atoms with Crippen LogP contribution in [0.1, 0.15) is 54.2 Å². The van der Waals surface area contributed by atoms with Gasteiger partial charge in [-0.25, -0.2) is 0 Å². The van der Waals surface area contributed by atoms with Crippen LogP contribution in [-0.4, -0.2) is 37.0 Å². The molecule has 1 N–H and O–H groups in total. The van der Waals surface area contributed by atoms with E-state index in [1.54, 1.807) is 31.4 Å². The van der Waals surface area contributed by atoms with E-state index in [0.717, 1.165) is 17.5 Å². The van der Waals surface area contributed by atoms with Crippen molar-refractivity contribution >= 4 is 17.5 Å². The molecule has 0 spiro atoms. The van der Waals surface area contributed by atoms with Gasteiger partial charge in [-0.3, -0.25) is 9.59 Å². The van der Waals surface area contributed by atoms with E-state index in [9.17, 15) is 9.59 Å². The fourth-order valence-electron chi connectivity index (χ4n) is 4.56. The Morgan fingerprint density at radius 3 is 2.44 bits per heavy atom. The number of rotatable bonds is 8. The Bertz CT molecular complexity index is 1230. The van der Waals surface area contributed by atoms with Gasteiger partial charge in [0.1, 0.15) is 5.75 Å². The summed E-state index contributed by atoms with van der Waals surface area (Å²) in [6.45, 7) is 4.42. The summed E-state index contributed by atoms with van der Waals surface area (Å²) in [6, 6.07) is 20.5. The van der Waals surface area contributed by atoms with Gasteiger partial charge in [0.05, 0.1) is 26.8 Å². The molecule has 1 aliphatic heterocycles. The summed E-state index contributed by atoms with van der Waals surface area (Å²) < 4.78 is 16.7. The first-order valence-corrected chi connectivity index (χ1v) is 12.2. The third-order valence-electron chi connectivity index (χ3n) is 6.45. The van der Waals surface area contributed by atoms with Gasteiger partial charge in [-0.15, -0.1) is 0 Å². The van der Waals surface area contributed by atoms with Gasteiger partial charge in [0.2, 0.25) is 0 Å². The van der Waals surface area contributed by atoms with Crippen LogP contribution >= 0.6 is 0 Å². The van der Waals surface area contributed by atoms with Crippen molar-refractivity contribution in [3.05, 3.63) is 83.4 Å². The molecule has 2 amide bonds. The molecule has 3 aromatic carbocycles. The Labute approximate surface area is 212 Å². The van der Waals surface area contributed by atoms with E-state index in [4.69, 9.17) is 14.2 Å². The third kappa shape index (κ3) is 5.15. The predicted octanol–water partition coefficient (Wildman–Crippen LogP) is 5.61. The molecule has 4 rings (SSSR count). The van der Waals surface area contributed by atoms with E-state index in [1.807, 2.05) is 42.2 Å². The van der Waals surface area contributed by atoms with E-state index in [1.165, 1.54) is 7.11 Å². The number of nitrogens with one attached hydrogen (secondary N) is 1. The maximum absolute atomic E-state index is 13.5. The molecule has 0 aliphatic carbocycles. The van der Waals surface area contributed by atoms with Crippen molar-refractivity contribution in [2.75, 3.05) is 19.5 Å². The normalized spacial score (nSPS) is 15.8. The van der Waals surface area contributed by atoms with Gasteiger partial charge in [-0.1, -0.05) is 44.2 Å². The molecule has 7 heteroatoms. The van der Waals surface area contributed by atoms with Gasteiger partial charge in [0, 0.05) is 16.8 Å². The lowest BCUT2D eigenvalue weighted by Gasteiger charge is -2.32. The van der Waals surface area contributed by atoms with Crippen molar-refractivity contribution in [2.24, 2.45) is 0 Å². The third-order valence-corrected chi connectivity index (χ3v) is 6.45. The van der Waals surface area contributed by atoms with Gasteiger partial charge in [-0.05, 0) is 54.8 Å². The number of amides is 2. The minimum absolute atomic E-state index is 0.0275. The molecule has 0 saturated carbocycles. The number of ether oxygens (including phenoxy) is 3. The first-order valence-electron chi connectivity index (χ1n) is 12.2. The van der Waals surface area contributed by atoms with Gasteiger partial charge < -0.3 is 24.4 Å². The largest absolute Gasteiger partial charge is 0.493 e. The number of anilines is 1. The molecule has 0 radical (unpaired) electrons. The highest BCUT2D eigenvalue weighted by molar-refractivity contribution is 6.04. The summed E-state index contributed by atoms with van der Waals surface area (Å²) in [4.78, 5) is 28.4. The SMILES string of the molecule is CC[C@@H]1Oc2ccc(NC(=O)c3ccc(OC)c(OC)c3)cc2CN([C@H](CC)c2ccccc2)C1=O. The van der Waals surface area contributed by atoms with E-state index in [2.05, 4.69) is 24.4 Å². The van der Waals surface area contributed by atoms with Gasteiger partial charge in [-0.2, -0.15) is 0 Å². The highest BCUT2D eigenvalue weighted by Crippen LogP contribution is 2.35. The lowest BCUT2D eigenvalue weighted by molar-refractivity contribution is -0.141. The fourth-order valence-corrected chi connectivity index (χ4v) is 4.56. The van der Waals surface area contributed by atoms with Crippen LogP contribution in [0.5, 0.6) is 17.2 Å². The molecule has 36 heavy (non-hydrogen) atoms. The number of methoxy groups -OCH3 is 2. The maximum atomic E-state index is 13.5. The summed E-state index contributed by atoms with van der Waals surface area (Å²) >= 11 is 0. The Balaban J connectivity index is 1.63. The number of nitrogens with zero attached hydrogens (tertiary/aromatic N) is 1. The molecule has 7 nitrogen and oxygen atoms in total. The molecule has 0 saturated heterocycles. The predicted molar refractivity (Wildman–Crippen MR) is 139 cm³/mol. The van der Waals surface area contributed by atoms with E-state index >= 15 is 0 Å². The van der Waals surface area contributed by atoms with Crippen LogP contribution in [0.3, 0.4) is 0 Å². The molecule has 0 unspecified atom stereocenters. The molecule has 0 fully saturated rings. The van der Waals surface area contributed by atoms with Crippen LogP contribution in [0.2, 0.25) is 0 Å². The van der Waals surface area contributed by atoms with Gasteiger partial charge in [0.25, 0.3) is 11.8 Å². The van der Waals surface area contributed by atoms with Gasteiger partial charge in [0.15, 0.2) is 17.6 Å². The quantitative estimate of drug-likeness (QED) is 0.446. The summed E-state index contributed by atoms with van der Waals surface area (Å²) in [5.74, 6) is 1.38. The minimum atomic E-state index is -0.559. The van der Waals surface area contributed by atoms with Crippen LogP contribution in [0.4, 0.5) is 5.69 Å². The lowest BCUT2D eigenvalue weighted by Crippen LogP contribution is -2.41. The first kappa shape index (κ1) is 25.1. The summed E-state index contributed by atoms with van der Waals surface area (Å²) in [5, 5.41) is 2.95. The zero-order chi connectivity index (χ0) is 25.7. The number of benzene rings is 3. The minimum Gasteiger partial charge on any atom is -0.493 e. The van der Waals surface area contributed by atoms with Crippen molar-refractivity contribution in [3.63, 3.8) is 0 Å². The maximum Gasteiger partial charge on any atom is 0.264 e. The Kier molecular flexibility index (Phi) is 7.78. The Morgan fingerprint density at radius 2 is 1.78 bits per heavy atom. The molecule has 0 bridgehead atoms. The molecular formula is C29H32N2O5. The first-order chi connectivity index (χ1) is 17.5. The second-order valence-corrected chi connectivity index (χ2v) is 8.66. The topological polar surface area (TPSA) is 77.1 Å². The molecule has 1 aliphatic rings.